The van der Waals surface area contributed by atoms with Crippen LogP contribution in [0.4, 0.5) is 10.1 Å². The van der Waals surface area contributed by atoms with E-state index in [1.807, 2.05) is 18.4 Å². The molecule has 0 spiro atoms. The van der Waals surface area contributed by atoms with Gasteiger partial charge in [-0.1, -0.05) is 6.07 Å². The average molecular weight is 351 g/mol. The smallest absolute Gasteiger partial charge is 0.258 e. The van der Waals surface area contributed by atoms with Crippen LogP contribution in [-0.2, 0) is 6.54 Å². The molecule has 0 N–H and O–H groups in total. The molecule has 1 amide bonds. The Morgan fingerprint density at radius 1 is 1.28 bits per heavy atom. The number of hydrogen-bond donors (Lipinski definition) is 0. The van der Waals surface area contributed by atoms with Gasteiger partial charge in [-0.25, -0.2) is 9.37 Å². The molecule has 124 valence electrons. The van der Waals surface area contributed by atoms with Crippen molar-refractivity contribution in [3.8, 4) is 6.07 Å². The van der Waals surface area contributed by atoms with Crippen molar-refractivity contribution in [2.45, 2.75) is 13.5 Å². The molecule has 2 aromatic carbocycles. The van der Waals surface area contributed by atoms with Crippen molar-refractivity contribution in [3.05, 3.63) is 81.6 Å². The number of aromatic nitrogens is 1. The van der Waals surface area contributed by atoms with Crippen LogP contribution in [0.3, 0.4) is 0 Å². The summed E-state index contributed by atoms with van der Waals surface area (Å²) in [5.74, 6) is -0.638. The number of carbonyl (C=O) groups is 1. The van der Waals surface area contributed by atoms with Crippen LogP contribution >= 0.6 is 11.3 Å². The summed E-state index contributed by atoms with van der Waals surface area (Å²) in [5.41, 5.74) is 2.14. The molecule has 25 heavy (non-hydrogen) atoms. The molecule has 0 bridgehead atoms. The minimum atomic E-state index is -0.368. The van der Waals surface area contributed by atoms with Crippen molar-refractivity contribution >= 4 is 22.9 Å². The van der Waals surface area contributed by atoms with E-state index in [0.717, 1.165) is 10.7 Å². The van der Waals surface area contributed by atoms with Gasteiger partial charge in [0.2, 0.25) is 0 Å². The first-order valence-corrected chi connectivity index (χ1v) is 8.43. The first kappa shape index (κ1) is 16.8. The number of amides is 1. The number of rotatable bonds is 4. The standard InChI is InChI=1S/C19H14FN3OS/c1-13-22-17(12-25-13)11-23(18-7-5-16(20)6-8-18)19(24)15-4-2-3-14(9-15)10-21/h2-9,12H,11H2,1H3. The Labute approximate surface area is 148 Å². The fourth-order valence-corrected chi connectivity index (χ4v) is 3.03. The van der Waals surface area contributed by atoms with Crippen LogP contribution in [0.15, 0.2) is 53.9 Å². The van der Waals surface area contributed by atoms with E-state index in [1.165, 1.54) is 28.4 Å². The number of nitrogens with zero attached hydrogens (tertiary/aromatic N) is 3. The lowest BCUT2D eigenvalue weighted by Crippen LogP contribution is -2.30. The molecule has 0 radical (unpaired) electrons. The highest BCUT2D eigenvalue weighted by molar-refractivity contribution is 7.09. The van der Waals surface area contributed by atoms with E-state index < -0.39 is 0 Å². The molecule has 0 aliphatic carbocycles. The molecule has 3 rings (SSSR count). The number of carbonyl (C=O) groups excluding carboxylic acids is 1. The largest absolute Gasteiger partial charge is 0.302 e. The van der Waals surface area contributed by atoms with Gasteiger partial charge in [0.05, 0.1) is 28.9 Å². The maximum atomic E-state index is 13.3. The average Bonchev–Trinajstić information content (AvgIpc) is 3.05. The fourth-order valence-electron chi connectivity index (χ4n) is 2.42. The molecule has 0 saturated heterocycles. The summed E-state index contributed by atoms with van der Waals surface area (Å²) in [6.45, 7) is 2.17. The Bertz CT molecular complexity index is 944. The summed E-state index contributed by atoms with van der Waals surface area (Å²) in [6, 6.07) is 14.3. The van der Waals surface area contributed by atoms with Crippen LogP contribution < -0.4 is 4.90 Å². The molecule has 1 aromatic heterocycles. The first-order chi connectivity index (χ1) is 12.1. The Kier molecular flexibility index (Phi) is 4.87. The zero-order valence-electron chi connectivity index (χ0n) is 13.4. The van der Waals surface area contributed by atoms with Crippen molar-refractivity contribution in [1.82, 2.24) is 4.98 Å². The van der Waals surface area contributed by atoms with Crippen LogP contribution in [0.25, 0.3) is 0 Å². The number of thiazole rings is 1. The van der Waals surface area contributed by atoms with Crippen LogP contribution in [-0.4, -0.2) is 10.9 Å². The summed E-state index contributed by atoms with van der Waals surface area (Å²) in [7, 11) is 0. The highest BCUT2D eigenvalue weighted by Crippen LogP contribution is 2.22. The van der Waals surface area contributed by atoms with Gasteiger partial charge in [-0.3, -0.25) is 4.79 Å². The molecular formula is C19H14FN3OS. The molecule has 1 heterocycles. The van der Waals surface area contributed by atoms with Crippen molar-refractivity contribution in [2.75, 3.05) is 4.90 Å². The molecule has 3 aromatic rings. The third kappa shape index (κ3) is 3.90. The molecule has 0 aliphatic rings. The summed E-state index contributed by atoms with van der Waals surface area (Å²) in [4.78, 5) is 18.9. The van der Waals surface area contributed by atoms with E-state index in [1.54, 1.807) is 36.4 Å². The summed E-state index contributed by atoms with van der Waals surface area (Å²) >= 11 is 1.51. The van der Waals surface area contributed by atoms with Crippen LogP contribution in [0.2, 0.25) is 0 Å². The lowest BCUT2D eigenvalue weighted by atomic mass is 10.1. The van der Waals surface area contributed by atoms with E-state index >= 15 is 0 Å². The molecule has 0 unspecified atom stereocenters. The molecular weight excluding hydrogens is 337 g/mol. The van der Waals surface area contributed by atoms with Crippen molar-refractivity contribution < 1.29 is 9.18 Å². The SMILES string of the molecule is Cc1nc(CN(C(=O)c2cccc(C#N)c2)c2ccc(F)cc2)cs1. The van der Waals surface area contributed by atoms with Gasteiger partial charge < -0.3 is 4.90 Å². The number of hydrogen-bond acceptors (Lipinski definition) is 4. The Morgan fingerprint density at radius 2 is 2.04 bits per heavy atom. The second-order valence-corrected chi connectivity index (χ2v) is 6.48. The molecule has 0 atom stereocenters. The van der Waals surface area contributed by atoms with Gasteiger partial charge in [0.15, 0.2) is 0 Å². The number of halogens is 1. The highest BCUT2D eigenvalue weighted by atomic mass is 32.1. The lowest BCUT2D eigenvalue weighted by molar-refractivity contribution is 0.0984. The van der Waals surface area contributed by atoms with Crippen molar-refractivity contribution in [3.63, 3.8) is 0 Å². The van der Waals surface area contributed by atoms with Gasteiger partial charge in [-0.15, -0.1) is 11.3 Å². The lowest BCUT2D eigenvalue weighted by Gasteiger charge is -2.22. The topological polar surface area (TPSA) is 57.0 Å². The monoisotopic (exact) mass is 351 g/mol. The quantitative estimate of drug-likeness (QED) is 0.704. The highest BCUT2D eigenvalue weighted by Gasteiger charge is 2.19. The fraction of sp³-hybridized carbons (Fsp3) is 0.105. The summed E-state index contributed by atoms with van der Waals surface area (Å²) in [5, 5.41) is 11.8. The number of aryl methyl sites for hydroxylation is 1. The summed E-state index contributed by atoms with van der Waals surface area (Å²) in [6.07, 6.45) is 0. The van der Waals surface area contributed by atoms with Gasteiger partial charge in [-0.05, 0) is 49.4 Å². The maximum absolute atomic E-state index is 13.3. The molecule has 0 saturated carbocycles. The van der Waals surface area contributed by atoms with Crippen LogP contribution in [0, 0.1) is 24.1 Å². The molecule has 4 nitrogen and oxygen atoms in total. The van der Waals surface area contributed by atoms with E-state index in [2.05, 4.69) is 4.98 Å². The van der Waals surface area contributed by atoms with Gasteiger partial charge >= 0.3 is 0 Å². The zero-order chi connectivity index (χ0) is 17.8. The van der Waals surface area contributed by atoms with Gasteiger partial charge in [0.25, 0.3) is 5.91 Å². The summed E-state index contributed by atoms with van der Waals surface area (Å²) < 4.78 is 13.3. The number of benzene rings is 2. The third-order valence-corrected chi connectivity index (χ3v) is 4.43. The molecule has 6 heteroatoms. The zero-order valence-corrected chi connectivity index (χ0v) is 14.3. The first-order valence-electron chi connectivity index (χ1n) is 7.55. The molecule has 0 aliphatic heterocycles. The van der Waals surface area contributed by atoms with E-state index in [9.17, 15) is 9.18 Å². The third-order valence-electron chi connectivity index (χ3n) is 3.61. The Hall–Kier alpha value is -3.04. The minimum Gasteiger partial charge on any atom is -0.302 e. The predicted molar refractivity (Wildman–Crippen MR) is 94.9 cm³/mol. The van der Waals surface area contributed by atoms with Gasteiger partial charge in [0, 0.05) is 16.6 Å². The van der Waals surface area contributed by atoms with E-state index in [4.69, 9.17) is 5.26 Å². The predicted octanol–water partition coefficient (Wildman–Crippen LogP) is 4.31. The Balaban J connectivity index is 1.98. The maximum Gasteiger partial charge on any atom is 0.258 e. The Morgan fingerprint density at radius 3 is 2.68 bits per heavy atom. The van der Waals surface area contributed by atoms with Crippen molar-refractivity contribution in [2.24, 2.45) is 0 Å². The van der Waals surface area contributed by atoms with Crippen LogP contribution in [0.5, 0.6) is 0 Å². The second kappa shape index (κ2) is 7.24. The van der Waals surface area contributed by atoms with E-state index in [0.29, 0.717) is 16.8 Å². The number of anilines is 1. The second-order valence-electron chi connectivity index (χ2n) is 5.42. The van der Waals surface area contributed by atoms with E-state index in [-0.39, 0.29) is 18.3 Å². The number of nitriles is 1. The van der Waals surface area contributed by atoms with Crippen LogP contribution in [0.1, 0.15) is 26.6 Å². The molecule has 0 fully saturated rings. The van der Waals surface area contributed by atoms with Gasteiger partial charge in [-0.2, -0.15) is 5.26 Å². The van der Waals surface area contributed by atoms with Crippen molar-refractivity contribution in [1.29, 1.82) is 5.26 Å². The van der Waals surface area contributed by atoms with Gasteiger partial charge in [0.1, 0.15) is 5.82 Å². The minimum absolute atomic E-state index is 0.269. The normalized spacial score (nSPS) is 10.3.